The van der Waals surface area contributed by atoms with Crippen molar-refractivity contribution in [2.45, 2.75) is 12.4 Å². The van der Waals surface area contributed by atoms with E-state index in [1.165, 1.54) is 24.3 Å². The van der Waals surface area contributed by atoms with Gasteiger partial charge in [0.25, 0.3) is 0 Å². The van der Waals surface area contributed by atoms with E-state index in [-0.39, 0.29) is 5.56 Å². The van der Waals surface area contributed by atoms with Crippen molar-refractivity contribution in [2.75, 3.05) is 7.11 Å². The highest BCUT2D eigenvalue weighted by Gasteiger charge is 2.49. The largest absolute Gasteiger partial charge is 0.534 e. The van der Waals surface area contributed by atoms with Gasteiger partial charge < -0.3 is 8.92 Å². The van der Waals surface area contributed by atoms with Gasteiger partial charge in [0.05, 0.1) is 13.2 Å². The lowest BCUT2D eigenvalue weighted by molar-refractivity contribution is -0.134. The van der Waals surface area contributed by atoms with Gasteiger partial charge in [0, 0.05) is 5.56 Å². The summed E-state index contributed by atoms with van der Waals surface area (Å²) in [4.78, 5) is 11.1. The highest BCUT2D eigenvalue weighted by atomic mass is 32.2. The Morgan fingerprint density at radius 1 is 1.19 bits per heavy atom. The quantitative estimate of drug-likeness (QED) is 0.280. The van der Waals surface area contributed by atoms with E-state index in [9.17, 15) is 26.4 Å². The maximum atomic E-state index is 12.3. The van der Waals surface area contributed by atoms with E-state index in [1.807, 2.05) is 0 Å². The van der Waals surface area contributed by atoms with Crippen LogP contribution in [0.3, 0.4) is 0 Å². The van der Waals surface area contributed by atoms with Gasteiger partial charge in [0.1, 0.15) is 0 Å². The van der Waals surface area contributed by atoms with Crippen molar-refractivity contribution in [1.82, 2.24) is 0 Å². The zero-order valence-electron chi connectivity index (χ0n) is 11.0. The van der Waals surface area contributed by atoms with Gasteiger partial charge in [-0.1, -0.05) is 29.8 Å². The minimum absolute atomic E-state index is 0.0150. The molecule has 0 fully saturated rings. The lowest BCUT2D eigenvalue weighted by Gasteiger charge is -2.12. The summed E-state index contributed by atoms with van der Waals surface area (Å²) in [6.45, 7) is 1.72. The Labute approximate surface area is 119 Å². The second-order valence-corrected chi connectivity index (χ2v) is 5.42. The fourth-order valence-electron chi connectivity index (χ4n) is 1.20. The molecule has 5 nitrogen and oxygen atoms in total. The van der Waals surface area contributed by atoms with Crippen LogP contribution in [0.15, 0.2) is 30.3 Å². The van der Waals surface area contributed by atoms with Crippen molar-refractivity contribution < 1.29 is 35.3 Å². The summed E-state index contributed by atoms with van der Waals surface area (Å²) in [6.07, 6.45) is 0.522. The van der Waals surface area contributed by atoms with Gasteiger partial charge in [-0.05, 0) is 6.92 Å². The maximum absolute atomic E-state index is 12.3. The molecule has 0 atom stereocenters. The Hall–Kier alpha value is -2.03. The summed E-state index contributed by atoms with van der Waals surface area (Å²) in [7, 11) is -4.90. The number of carbonyl (C=O) groups excluding carboxylic acids is 1. The van der Waals surface area contributed by atoms with Crippen LogP contribution in [0.2, 0.25) is 0 Å². The molecule has 0 unspecified atom stereocenters. The van der Waals surface area contributed by atoms with Crippen LogP contribution in [0.5, 0.6) is 0 Å². The number of benzene rings is 1. The lowest BCUT2D eigenvalue weighted by atomic mass is 10.1. The van der Waals surface area contributed by atoms with Gasteiger partial charge in [-0.3, -0.25) is 0 Å². The average molecular weight is 324 g/mol. The first kappa shape index (κ1) is 17.0. The third-order valence-corrected chi connectivity index (χ3v) is 3.24. The molecule has 0 saturated carbocycles. The molecule has 0 aliphatic carbocycles. The molecule has 0 heterocycles. The van der Waals surface area contributed by atoms with Crippen LogP contribution < -0.4 is 0 Å². The molecule has 0 bridgehead atoms. The normalized spacial score (nSPS) is 12.9. The van der Waals surface area contributed by atoms with Gasteiger partial charge in [-0.2, -0.15) is 21.6 Å². The maximum Gasteiger partial charge on any atom is 0.534 e. The standard InChI is InChI=1S/C12H11F3O5S/c1-8-3-5-9(6-4-8)10(7-11(16)19-2)20-21(17,18)12(13,14)15/h3-7H,1-2H3/b10-7-. The fraction of sp³-hybridized carbons (Fsp3) is 0.250. The van der Waals surface area contributed by atoms with Gasteiger partial charge in [0.2, 0.25) is 0 Å². The minimum atomic E-state index is -5.89. The zero-order chi connectivity index (χ0) is 16.3. The predicted molar refractivity (Wildman–Crippen MR) is 67.2 cm³/mol. The Balaban J connectivity index is 3.26. The molecular weight excluding hydrogens is 313 g/mol. The highest BCUT2D eigenvalue weighted by Crippen LogP contribution is 2.29. The molecule has 0 radical (unpaired) electrons. The van der Waals surface area contributed by atoms with Gasteiger partial charge >= 0.3 is 21.6 Å². The number of methoxy groups -OCH3 is 1. The monoisotopic (exact) mass is 324 g/mol. The van der Waals surface area contributed by atoms with Gasteiger partial charge in [0.15, 0.2) is 5.76 Å². The summed E-state index contributed by atoms with van der Waals surface area (Å²) >= 11 is 0. The number of alkyl halides is 3. The molecule has 0 N–H and O–H groups in total. The molecule has 0 aliphatic rings. The second-order valence-electron chi connectivity index (χ2n) is 3.88. The van der Waals surface area contributed by atoms with Gasteiger partial charge in [-0.25, -0.2) is 4.79 Å². The molecule has 1 aromatic rings. The topological polar surface area (TPSA) is 69.7 Å². The SMILES string of the molecule is COC(=O)/C=C(\OS(=O)(=O)C(F)(F)F)c1ccc(C)cc1. The minimum Gasteiger partial charge on any atom is -0.466 e. The second kappa shape index (κ2) is 6.17. The highest BCUT2D eigenvalue weighted by molar-refractivity contribution is 7.87. The zero-order valence-corrected chi connectivity index (χ0v) is 11.8. The van der Waals surface area contributed by atoms with Crippen molar-refractivity contribution in [2.24, 2.45) is 0 Å². The van der Waals surface area contributed by atoms with Crippen molar-refractivity contribution >= 4 is 21.8 Å². The summed E-state index contributed by atoms with van der Waals surface area (Å²) in [5.74, 6) is -1.83. The summed E-state index contributed by atoms with van der Waals surface area (Å²) < 4.78 is 67.3. The average Bonchev–Trinajstić information content (AvgIpc) is 2.37. The third-order valence-electron chi connectivity index (χ3n) is 2.27. The first-order chi connectivity index (χ1) is 9.56. The number of rotatable bonds is 4. The van der Waals surface area contributed by atoms with Crippen LogP contribution in [0.4, 0.5) is 13.2 Å². The number of halogens is 3. The molecule has 0 saturated heterocycles. The van der Waals surface area contributed by atoms with E-state index < -0.39 is 27.4 Å². The van der Waals surface area contributed by atoms with Crippen molar-refractivity contribution in [3.05, 3.63) is 41.5 Å². The van der Waals surface area contributed by atoms with Crippen molar-refractivity contribution in [3.63, 3.8) is 0 Å². The molecule has 0 amide bonds. The summed E-state index contributed by atoms with van der Waals surface area (Å²) in [6, 6.07) is 5.67. The molecular formula is C12H11F3O5S. The number of hydrogen-bond acceptors (Lipinski definition) is 5. The predicted octanol–water partition coefficient (Wildman–Crippen LogP) is 2.38. The Morgan fingerprint density at radius 2 is 1.71 bits per heavy atom. The third kappa shape index (κ3) is 4.48. The summed E-state index contributed by atoms with van der Waals surface area (Å²) in [5, 5.41) is 0. The van der Waals surface area contributed by atoms with E-state index in [0.717, 1.165) is 12.7 Å². The molecule has 1 aromatic carbocycles. The van der Waals surface area contributed by atoms with Crippen LogP contribution >= 0.6 is 0 Å². The van der Waals surface area contributed by atoms with Crippen LogP contribution in [0, 0.1) is 6.92 Å². The smallest absolute Gasteiger partial charge is 0.466 e. The van der Waals surface area contributed by atoms with Crippen LogP contribution in [-0.2, 0) is 23.8 Å². The molecule has 0 aliphatic heterocycles. The van der Waals surface area contributed by atoms with Crippen LogP contribution in [-0.4, -0.2) is 27.0 Å². The molecule has 0 spiro atoms. The molecule has 1 rings (SSSR count). The van der Waals surface area contributed by atoms with E-state index in [1.54, 1.807) is 6.92 Å². The number of ether oxygens (including phenoxy) is 1. The number of carbonyl (C=O) groups is 1. The Bertz CT molecular complexity index is 644. The summed E-state index contributed by atoms with van der Waals surface area (Å²) in [5.41, 5.74) is -4.83. The van der Waals surface area contributed by atoms with Crippen LogP contribution in [0.25, 0.3) is 5.76 Å². The number of hydrogen-bond donors (Lipinski definition) is 0. The van der Waals surface area contributed by atoms with E-state index >= 15 is 0 Å². The van der Waals surface area contributed by atoms with E-state index in [4.69, 9.17) is 0 Å². The Kier molecular flexibility index (Phi) is 5.00. The molecule has 0 aromatic heterocycles. The fourth-order valence-corrected chi connectivity index (χ4v) is 1.68. The lowest BCUT2D eigenvalue weighted by Crippen LogP contribution is -2.25. The molecule has 21 heavy (non-hydrogen) atoms. The number of esters is 1. The number of aryl methyl sites for hydroxylation is 1. The van der Waals surface area contributed by atoms with Crippen molar-refractivity contribution in [3.8, 4) is 0 Å². The van der Waals surface area contributed by atoms with E-state index in [2.05, 4.69) is 8.92 Å². The van der Waals surface area contributed by atoms with Crippen molar-refractivity contribution in [1.29, 1.82) is 0 Å². The first-order valence-electron chi connectivity index (χ1n) is 5.44. The Morgan fingerprint density at radius 3 is 2.14 bits per heavy atom. The van der Waals surface area contributed by atoms with E-state index in [0.29, 0.717) is 6.08 Å². The molecule has 9 heteroatoms. The van der Waals surface area contributed by atoms with Crippen LogP contribution in [0.1, 0.15) is 11.1 Å². The van der Waals surface area contributed by atoms with Gasteiger partial charge in [-0.15, -0.1) is 0 Å². The first-order valence-corrected chi connectivity index (χ1v) is 6.85. The molecule has 116 valence electrons.